The van der Waals surface area contributed by atoms with E-state index >= 15 is 0 Å². The molecule has 0 saturated heterocycles. The molecule has 0 fully saturated rings. The quantitative estimate of drug-likeness (QED) is 0.670. The summed E-state index contributed by atoms with van der Waals surface area (Å²) in [6, 6.07) is 6.66. The van der Waals surface area contributed by atoms with E-state index < -0.39 is 0 Å². The van der Waals surface area contributed by atoms with Gasteiger partial charge in [-0.2, -0.15) is 0 Å². The predicted octanol–water partition coefficient (Wildman–Crippen LogP) is 3.18. The van der Waals surface area contributed by atoms with Gasteiger partial charge in [0.25, 0.3) is 0 Å². The number of aryl methyl sites for hydroxylation is 1. The SMILES string of the molecule is Cc1ccc(C(C)C)c(N(C)C)c1. The summed E-state index contributed by atoms with van der Waals surface area (Å²) in [5.74, 6) is 0.595. The lowest BCUT2D eigenvalue weighted by Crippen LogP contribution is -2.12. The molecule has 0 heterocycles. The molecule has 0 saturated carbocycles. The molecule has 0 radical (unpaired) electrons. The average molecular weight is 177 g/mol. The van der Waals surface area contributed by atoms with Crippen molar-refractivity contribution < 1.29 is 0 Å². The van der Waals surface area contributed by atoms with E-state index in [1.807, 2.05) is 0 Å². The van der Waals surface area contributed by atoms with Crippen LogP contribution in [0.2, 0.25) is 0 Å². The van der Waals surface area contributed by atoms with Crippen LogP contribution in [0.4, 0.5) is 5.69 Å². The third-order valence-electron chi connectivity index (χ3n) is 2.29. The highest BCUT2D eigenvalue weighted by Crippen LogP contribution is 2.26. The van der Waals surface area contributed by atoms with Crippen LogP contribution in [0.15, 0.2) is 18.2 Å². The van der Waals surface area contributed by atoms with E-state index in [0.717, 1.165) is 0 Å². The zero-order valence-electron chi connectivity index (χ0n) is 9.26. The molecule has 0 N–H and O–H groups in total. The smallest absolute Gasteiger partial charge is 0.0398 e. The van der Waals surface area contributed by atoms with Gasteiger partial charge < -0.3 is 4.90 Å². The molecule has 1 heteroatoms. The number of rotatable bonds is 2. The molecule has 1 aromatic rings. The number of benzene rings is 1. The van der Waals surface area contributed by atoms with Gasteiger partial charge in [0.15, 0.2) is 0 Å². The monoisotopic (exact) mass is 177 g/mol. The first-order valence-electron chi connectivity index (χ1n) is 4.80. The van der Waals surface area contributed by atoms with E-state index in [1.165, 1.54) is 16.8 Å². The Morgan fingerprint density at radius 3 is 2.23 bits per heavy atom. The van der Waals surface area contributed by atoms with Crippen molar-refractivity contribution in [2.24, 2.45) is 0 Å². The van der Waals surface area contributed by atoms with Crippen LogP contribution in [-0.4, -0.2) is 14.1 Å². The maximum atomic E-state index is 2.25. The van der Waals surface area contributed by atoms with Crippen molar-refractivity contribution in [1.82, 2.24) is 0 Å². The minimum Gasteiger partial charge on any atom is -0.377 e. The van der Waals surface area contributed by atoms with Crippen molar-refractivity contribution in [1.29, 1.82) is 0 Å². The summed E-state index contributed by atoms with van der Waals surface area (Å²) in [6.45, 7) is 6.60. The maximum Gasteiger partial charge on any atom is 0.0398 e. The summed E-state index contributed by atoms with van der Waals surface area (Å²) in [5, 5.41) is 0. The van der Waals surface area contributed by atoms with Gasteiger partial charge in [-0.1, -0.05) is 26.0 Å². The molecule has 1 rings (SSSR count). The molecule has 13 heavy (non-hydrogen) atoms. The Bertz CT molecular complexity index is 287. The van der Waals surface area contributed by atoms with Crippen molar-refractivity contribution in [2.75, 3.05) is 19.0 Å². The third kappa shape index (κ3) is 2.24. The number of nitrogens with zero attached hydrogens (tertiary/aromatic N) is 1. The summed E-state index contributed by atoms with van der Waals surface area (Å²) in [5.41, 5.74) is 4.10. The van der Waals surface area contributed by atoms with Crippen molar-refractivity contribution in [3.63, 3.8) is 0 Å². The molecule has 0 amide bonds. The summed E-state index contributed by atoms with van der Waals surface area (Å²) >= 11 is 0. The van der Waals surface area contributed by atoms with Gasteiger partial charge >= 0.3 is 0 Å². The minimum atomic E-state index is 0.595. The van der Waals surface area contributed by atoms with E-state index in [0.29, 0.717) is 5.92 Å². The molecule has 0 aromatic heterocycles. The van der Waals surface area contributed by atoms with Gasteiger partial charge in [-0.05, 0) is 30.0 Å². The van der Waals surface area contributed by atoms with E-state index in [9.17, 15) is 0 Å². The van der Waals surface area contributed by atoms with Gasteiger partial charge in [-0.3, -0.25) is 0 Å². The van der Waals surface area contributed by atoms with E-state index in [2.05, 4.69) is 58.0 Å². The number of hydrogen-bond donors (Lipinski definition) is 0. The van der Waals surface area contributed by atoms with Gasteiger partial charge in [-0.25, -0.2) is 0 Å². The van der Waals surface area contributed by atoms with Gasteiger partial charge in [0.2, 0.25) is 0 Å². The van der Waals surface area contributed by atoms with Crippen LogP contribution in [0.25, 0.3) is 0 Å². The Hall–Kier alpha value is -0.980. The zero-order chi connectivity index (χ0) is 10.0. The minimum absolute atomic E-state index is 0.595. The zero-order valence-corrected chi connectivity index (χ0v) is 9.26. The van der Waals surface area contributed by atoms with Crippen LogP contribution in [0.1, 0.15) is 30.9 Å². The average Bonchev–Trinajstić information content (AvgIpc) is 2.03. The number of hydrogen-bond acceptors (Lipinski definition) is 1. The summed E-state index contributed by atoms with van der Waals surface area (Å²) in [4.78, 5) is 2.18. The second kappa shape index (κ2) is 3.82. The van der Waals surface area contributed by atoms with Crippen molar-refractivity contribution in [3.05, 3.63) is 29.3 Å². The van der Waals surface area contributed by atoms with Crippen LogP contribution in [-0.2, 0) is 0 Å². The summed E-state index contributed by atoms with van der Waals surface area (Å²) in [6.07, 6.45) is 0. The Morgan fingerprint density at radius 2 is 1.77 bits per heavy atom. The van der Waals surface area contributed by atoms with Gasteiger partial charge in [0.1, 0.15) is 0 Å². The highest BCUT2D eigenvalue weighted by molar-refractivity contribution is 5.55. The summed E-state index contributed by atoms with van der Waals surface area (Å²) in [7, 11) is 4.20. The number of anilines is 1. The fraction of sp³-hybridized carbons (Fsp3) is 0.500. The van der Waals surface area contributed by atoms with Crippen LogP contribution >= 0.6 is 0 Å². The Kier molecular flexibility index (Phi) is 2.97. The van der Waals surface area contributed by atoms with E-state index in [-0.39, 0.29) is 0 Å². The molecule has 1 nitrogen and oxygen atoms in total. The lowest BCUT2D eigenvalue weighted by atomic mass is 9.99. The van der Waals surface area contributed by atoms with Gasteiger partial charge in [0.05, 0.1) is 0 Å². The second-order valence-corrected chi connectivity index (χ2v) is 4.11. The van der Waals surface area contributed by atoms with Crippen molar-refractivity contribution in [3.8, 4) is 0 Å². The van der Waals surface area contributed by atoms with Crippen molar-refractivity contribution >= 4 is 5.69 Å². The lowest BCUT2D eigenvalue weighted by molar-refractivity contribution is 0.858. The molecule has 0 atom stereocenters. The predicted molar refractivity (Wildman–Crippen MR) is 59.6 cm³/mol. The molecule has 0 bridgehead atoms. The molecule has 0 aliphatic carbocycles. The lowest BCUT2D eigenvalue weighted by Gasteiger charge is -2.20. The Labute approximate surface area is 81.4 Å². The molecule has 1 aromatic carbocycles. The first kappa shape index (κ1) is 10.1. The van der Waals surface area contributed by atoms with Gasteiger partial charge in [-0.15, -0.1) is 0 Å². The first-order chi connectivity index (χ1) is 6.02. The van der Waals surface area contributed by atoms with Crippen molar-refractivity contribution in [2.45, 2.75) is 26.7 Å². The van der Waals surface area contributed by atoms with Crippen LogP contribution in [0.5, 0.6) is 0 Å². The second-order valence-electron chi connectivity index (χ2n) is 4.11. The van der Waals surface area contributed by atoms with Gasteiger partial charge in [0, 0.05) is 19.8 Å². The highest BCUT2D eigenvalue weighted by atomic mass is 15.1. The van der Waals surface area contributed by atoms with Crippen LogP contribution in [0.3, 0.4) is 0 Å². The van der Waals surface area contributed by atoms with E-state index in [1.54, 1.807) is 0 Å². The highest BCUT2D eigenvalue weighted by Gasteiger charge is 2.07. The molecule has 0 aliphatic heterocycles. The largest absolute Gasteiger partial charge is 0.377 e. The normalized spacial score (nSPS) is 10.6. The molecule has 0 unspecified atom stereocenters. The van der Waals surface area contributed by atoms with E-state index in [4.69, 9.17) is 0 Å². The topological polar surface area (TPSA) is 3.24 Å². The standard InChI is InChI=1S/C12H19N/c1-9(2)11-7-6-10(3)8-12(11)13(4)5/h6-9H,1-5H3. The first-order valence-corrected chi connectivity index (χ1v) is 4.80. The molecule has 0 aliphatic rings. The molecular weight excluding hydrogens is 158 g/mol. The molecule has 72 valence electrons. The maximum absolute atomic E-state index is 2.25. The molecule has 0 spiro atoms. The fourth-order valence-electron chi connectivity index (χ4n) is 1.53. The Balaban J connectivity index is 3.19. The molecular formula is C12H19N. The fourth-order valence-corrected chi connectivity index (χ4v) is 1.53. The van der Waals surface area contributed by atoms with Crippen LogP contribution in [0, 0.1) is 6.92 Å². The van der Waals surface area contributed by atoms with Crippen LogP contribution < -0.4 is 4.90 Å². The summed E-state index contributed by atoms with van der Waals surface area (Å²) < 4.78 is 0. The Morgan fingerprint density at radius 1 is 1.15 bits per heavy atom. The third-order valence-corrected chi connectivity index (χ3v) is 2.29.